The molecule has 0 radical (unpaired) electrons. The molecule has 1 fully saturated rings. The van der Waals surface area contributed by atoms with Gasteiger partial charge < -0.3 is 14.5 Å². The van der Waals surface area contributed by atoms with Gasteiger partial charge in [-0.3, -0.25) is 9.59 Å². The number of carbonyl (C=O) groups excluding carboxylic acids is 2. The number of benzene rings is 1. The molecule has 0 bridgehead atoms. The predicted octanol–water partition coefficient (Wildman–Crippen LogP) is 4.49. The van der Waals surface area contributed by atoms with Crippen molar-refractivity contribution in [3.8, 4) is 5.75 Å². The average Bonchev–Trinajstić information content (AvgIpc) is 2.71. The lowest BCUT2D eigenvalue weighted by Gasteiger charge is -2.32. The maximum absolute atomic E-state index is 12.5. The van der Waals surface area contributed by atoms with E-state index in [0.717, 1.165) is 57.6 Å². The maximum atomic E-state index is 12.5. The molecule has 0 aliphatic carbocycles. The number of amides is 2. The molecule has 29 heavy (non-hydrogen) atoms. The molecule has 1 saturated heterocycles. The summed E-state index contributed by atoms with van der Waals surface area (Å²) in [5.74, 6) is 1.27. The SMILES string of the molecule is CCCN(CCC)C(=O)CCCC(=O)N1CCC(Oc2ccc(C)c(C)c2)CC1. The summed E-state index contributed by atoms with van der Waals surface area (Å²) in [6, 6.07) is 6.20. The van der Waals surface area contributed by atoms with Crippen LogP contribution in [-0.2, 0) is 9.59 Å². The number of likely N-dealkylation sites (tertiary alicyclic amines) is 1. The smallest absolute Gasteiger partial charge is 0.222 e. The van der Waals surface area contributed by atoms with Crippen LogP contribution in [0.1, 0.15) is 69.9 Å². The molecular weight excluding hydrogens is 364 g/mol. The van der Waals surface area contributed by atoms with Gasteiger partial charge in [0.05, 0.1) is 0 Å². The van der Waals surface area contributed by atoms with E-state index in [-0.39, 0.29) is 17.9 Å². The highest BCUT2D eigenvalue weighted by atomic mass is 16.5. The van der Waals surface area contributed by atoms with E-state index in [9.17, 15) is 9.59 Å². The van der Waals surface area contributed by atoms with Gasteiger partial charge in [0, 0.05) is 51.9 Å². The van der Waals surface area contributed by atoms with Crippen LogP contribution >= 0.6 is 0 Å². The highest BCUT2D eigenvalue weighted by Crippen LogP contribution is 2.22. The zero-order valence-electron chi connectivity index (χ0n) is 18.7. The second-order valence-corrected chi connectivity index (χ2v) is 8.18. The van der Waals surface area contributed by atoms with Gasteiger partial charge in [-0.2, -0.15) is 0 Å². The van der Waals surface area contributed by atoms with Gasteiger partial charge in [0.2, 0.25) is 11.8 Å². The molecule has 1 aliphatic heterocycles. The van der Waals surface area contributed by atoms with Crippen LogP contribution in [0.4, 0.5) is 0 Å². The molecule has 0 spiro atoms. The van der Waals surface area contributed by atoms with Gasteiger partial charge >= 0.3 is 0 Å². The summed E-state index contributed by atoms with van der Waals surface area (Å²) in [6.07, 6.45) is 5.41. The first-order chi connectivity index (χ1) is 13.9. The van der Waals surface area contributed by atoms with Gasteiger partial charge in [-0.15, -0.1) is 0 Å². The fourth-order valence-corrected chi connectivity index (χ4v) is 3.81. The van der Waals surface area contributed by atoms with Gasteiger partial charge in [-0.05, 0) is 56.4 Å². The monoisotopic (exact) mass is 402 g/mol. The second-order valence-electron chi connectivity index (χ2n) is 8.18. The van der Waals surface area contributed by atoms with Crippen molar-refractivity contribution in [1.29, 1.82) is 0 Å². The molecular formula is C24H38N2O3. The first kappa shape index (κ1) is 23.2. The van der Waals surface area contributed by atoms with E-state index >= 15 is 0 Å². The van der Waals surface area contributed by atoms with Crippen LogP contribution in [0.25, 0.3) is 0 Å². The van der Waals surface area contributed by atoms with Crippen molar-refractivity contribution in [2.24, 2.45) is 0 Å². The number of ether oxygens (including phenoxy) is 1. The van der Waals surface area contributed by atoms with Gasteiger partial charge in [-0.1, -0.05) is 19.9 Å². The van der Waals surface area contributed by atoms with Crippen molar-refractivity contribution >= 4 is 11.8 Å². The molecule has 0 saturated carbocycles. The maximum Gasteiger partial charge on any atom is 0.222 e. The number of hydrogen-bond donors (Lipinski definition) is 0. The molecule has 0 N–H and O–H groups in total. The fourth-order valence-electron chi connectivity index (χ4n) is 3.81. The molecule has 1 heterocycles. The van der Waals surface area contributed by atoms with Crippen LogP contribution in [0.5, 0.6) is 5.75 Å². The first-order valence-electron chi connectivity index (χ1n) is 11.2. The topological polar surface area (TPSA) is 49.9 Å². The summed E-state index contributed by atoms with van der Waals surface area (Å²) >= 11 is 0. The Morgan fingerprint density at radius 1 is 1.03 bits per heavy atom. The first-order valence-corrected chi connectivity index (χ1v) is 11.2. The summed E-state index contributed by atoms with van der Waals surface area (Å²) in [6.45, 7) is 11.5. The molecule has 0 atom stereocenters. The molecule has 0 aromatic heterocycles. The third kappa shape index (κ3) is 7.37. The molecule has 5 heteroatoms. The number of aryl methyl sites for hydroxylation is 2. The molecule has 1 aliphatic rings. The molecule has 1 aromatic carbocycles. The van der Waals surface area contributed by atoms with Gasteiger partial charge in [0.1, 0.15) is 11.9 Å². The number of hydrogen-bond acceptors (Lipinski definition) is 3. The Morgan fingerprint density at radius 3 is 2.28 bits per heavy atom. The Morgan fingerprint density at radius 2 is 1.69 bits per heavy atom. The third-order valence-electron chi connectivity index (χ3n) is 5.70. The summed E-state index contributed by atoms with van der Waals surface area (Å²) < 4.78 is 6.12. The Kier molecular flexibility index (Phi) is 9.49. The molecule has 1 aromatic rings. The van der Waals surface area contributed by atoms with Crippen LogP contribution in [0.15, 0.2) is 18.2 Å². The van der Waals surface area contributed by atoms with Crippen molar-refractivity contribution in [1.82, 2.24) is 9.80 Å². The van der Waals surface area contributed by atoms with Crippen molar-refractivity contribution < 1.29 is 14.3 Å². The van der Waals surface area contributed by atoms with Crippen LogP contribution in [0.3, 0.4) is 0 Å². The number of carbonyl (C=O) groups is 2. The summed E-state index contributed by atoms with van der Waals surface area (Å²) in [4.78, 5) is 28.7. The molecule has 5 nitrogen and oxygen atoms in total. The summed E-state index contributed by atoms with van der Waals surface area (Å²) in [5.41, 5.74) is 2.50. The largest absolute Gasteiger partial charge is 0.490 e. The van der Waals surface area contributed by atoms with E-state index in [4.69, 9.17) is 4.74 Å². The van der Waals surface area contributed by atoms with Crippen molar-refractivity contribution in [2.75, 3.05) is 26.2 Å². The van der Waals surface area contributed by atoms with Crippen molar-refractivity contribution in [2.45, 2.75) is 78.7 Å². The van der Waals surface area contributed by atoms with Crippen LogP contribution < -0.4 is 4.74 Å². The normalized spacial score (nSPS) is 14.7. The number of piperidine rings is 1. The molecule has 162 valence electrons. The minimum absolute atomic E-state index is 0.166. The minimum atomic E-state index is 0.166. The van der Waals surface area contributed by atoms with E-state index in [1.807, 2.05) is 15.9 Å². The van der Waals surface area contributed by atoms with Crippen LogP contribution in [0, 0.1) is 13.8 Å². The van der Waals surface area contributed by atoms with E-state index in [2.05, 4.69) is 39.8 Å². The minimum Gasteiger partial charge on any atom is -0.490 e. The number of rotatable bonds is 10. The lowest BCUT2D eigenvalue weighted by molar-refractivity contribution is -0.134. The Balaban J connectivity index is 1.70. The highest BCUT2D eigenvalue weighted by Gasteiger charge is 2.24. The predicted molar refractivity (Wildman–Crippen MR) is 117 cm³/mol. The van der Waals surface area contributed by atoms with E-state index in [0.29, 0.717) is 19.3 Å². The zero-order chi connectivity index (χ0) is 21.2. The number of nitrogens with zero attached hydrogens (tertiary/aromatic N) is 2. The third-order valence-corrected chi connectivity index (χ3v) is 5.70. The summed E-state index contributed by atoms with van der Waals surface area (Å²) in [5, 5.41) is 0. The van der Waals surface area contributed by atoms with Crippen molar-refractivity contribution in [3.63, 3.8) is 0 Å². The van der Waals surface area contributed by atoms with Gasteiger partial charge in [0.15, 0.2) is 0 Å². The van der Waals surface area contributed by atoms with E-state index in [1.165, 1.54) is 11.1 Å². The molecule has 0 unspecified atom stereocenters. The zero-order valence-corrected chi connectivity index (χ0v) is 18.7. The lowest BCUT2D eigenvalue weighted by atomic mass is 10.1. The second kappa shape index (κ2) is 11.8. The Hall–Kier alpha value is -2.04. The quantitative estimate of drug-likeness (QED) is 0.579. The van der Waals surface area contributed by atoms with E-state index in [1.54, 1.807) is 0 Å². The van der Waals surface area contributed by atoms with Crippen LogP contribution in [0.2, 0.25) is 0 Å². The Bertz CT molecular complexity index is 660. The lowest BCUT2D eigenvalue weighted by Crippen LogP contribution is -2.41. The van der Waals surface area contributed by atoms with E-state index < -0.39 is 0 Å². The molecule has 2 amide bonds. The fraction of sp³-hybridized carbons (Fsp3) is 0.667. The van der Waals surface area contributed by atoms with Crippen molar-refractivity contribution in [3.05, 3.63) is 29.3 Å². The standard InChI is InChI=1S/C24H38N2O3/c1-5-14-25(15-6-2)23(27)8-7-9-24(28)26-16-12-21(13-17-26)29-22-11-10-19(3)20(4)18-22/h10-11,18,21H,5-9,12-17H2,1-4H3. The van der Waals surface area contributed by atoms with Crippen LogP contribution in [-0.4, -0.2) is 53.9 Å². The Labute approximate surface area is 176 Å². The average molecular weight is 403 g/mol. The van der Waals surface area contributed by atoms with Gasteiger partial charge in [-0.25, -0.2) is 0 Å². The summed E-state index contributed by atoms with van der Waals surface area (Å²) in [7, 11) is 0. The highest BCUT2D eigenvalue weighted by molar-refractivity contribution is 5.79. The van der Waals surface area contributed by atoms with Gasteiger partial charge in [0.25, 0.3) is 0 Å². The molecule has 2 rings (SSSR count).